The van der Waals surface area contributed by atoms with Crippen molar-refractivity contribution in [1.29, 1.82) is 0 Å². The van der Waals surface area contributed by atoms with E-state index in [1.54, 1.807) is 0 Å². The number of hydrogen-bond donors (Lipinski definition) is 1. The predicted molar refractivity (Wildman–Crippen MR) is 70.2 cm³/mol. The number of nitrogens with two attached hydrogens (primary N) is 1. The summed E-state index contributed by atoms with van der Waals surface area (Å²) in [6.07, 6.45) is 1.18. The van der Waals surface area contributed by atoms with Crippen molar-refractivity contribution >= 4 is 11.7 Å². The second-order valence-corrected chi connectivity index (χ2v) is 5.26. The molecule has 1 heterocycles. The molecule has 0 saturated heterocycles. The molecule has 0 bridgehead atoms. The zero-order valence-corrected chi connectivity index (χ0v) is 11.0. The minimum atomic E-state index is -3.26. The highest BCUT2D eigenvalue weighted by Gasteiger charge is 2.59. The summed E-state index contributed by atoms with van der Waals surface area (Å²) in [6, 6.07) is 3.72. The fourth-order valence-corrected chi connectivity index (χ4v) is 3.03. The fourth-order valence-electron chi connectivity index (χ4n) is 3.03. The lowest BCUT2D eigenvalue weighted by molar-refractivity contribution is -0.385. The first-order valence-corrected chi connectivity index (χ1v) is 6.49. The number of nitro benzene ring substituents is 1. The Morgan fingerprint density at radius 3 is 2.90 bits per heavy atom. The standard InChI is InChI=1S/C13H13F2N3O3/c14-13(15)7-21-11(16)17-12(13)5-1-2-8-3-4-9(18(19)20)6-10(8)12/h3-4,6H,1-2,5,7H2,(H2,16,17)/t12-/m1/s1. The number of aryl methyl sites for hydroxylation is 1. The molecule has 1 atom stereocenters. The molecule has 3 rings (SSSR count). The van der Waals surface area contributed by atoms with Gasteiger partial charge in [0, 0.05) is 12.1 Å². The van der Waals surface area contributed by atoms with Gasteiger partial charge in [-0.3, -0.25) is 10.1 Å². The van der Waals surface area contributed by atoms with Crippen molar-refractivity contribution in [3.63, 3.8) is 0 Å². The van der Waals surface area contributed by atoms with Crippen LogP contribution in [0.15, 0.2) is 23.2 Å². The van der Waals surface area contributed by atoms with Crippen molar-refractivity contribution in [3.8, 4) is 0 Å². The lowest BCUT2D eigenvalue weighted by Crippen LogP contribution is -2.54. The van der Waals surface area contributed by atoms with Crippen LogP contribution >= 0.6 is 0 Å². The molecular weight excluding hydrogens is 284 g/mol. The van der Waals surface area contributed by atoms with Gasteiger partial charge >= 0.3 is 5.92 Å². The molecule has 8 heteroatoms. The maximum atomic E-state index is 14.5. The maximum Gasteiger partial charge on any atom is 0.310 e. The van der Waals surface area contributed by atoms with Crippen LogP contribution in [-0.4, -0.2) is 23.5 Å². The van der Waals surface area contributed by atoms with Crippen LogP contribution in [0.25, 0.3) is 0 Å². The molecule has 0 saturated carbocycles. The first-order chi connectivity index (χ1) is 9.86. The van der Waals surface area contributed by atoms with E-state index in [2.05, 4.69) is 9.73 Å². The molecule has 0 unspecified atom stereocenters. The minimum Gasteiger partial charge on any atom is -0.459 e. The molecular formula is C13H13F2N3O3. The molecule has 1 aliphatic carbocycles. The number of amidine groups is 1. The van der Waals surface area contributed by atoms with Gasteiger partial charge in [0.05, 0.1) is 4.92 Å². The second-order valence-electron chi connectivity index (χ2n) is 5.26. The Labute approximate surface area is 118 Å². The normalized spacial score (nSPS) is 26.7. The molecule has 1 aromatic carbocycles. The van der Waals surface area contributed by atoms with Crippen molar-refractivity contribution < 1.29 is 18.4 Å². The van der Waals surface area contributed by atoms with Crippen molar-refractivity contribution in [1.82, 2.24) is 0 Å². The number of fused-ring (bicyclic) bond motifs is 2. The molecule has 2 N–H and O–H groups in total. The number of ether oxygens (including phenoxy) is 1. The molecule has 21 heavy (non-hydrogen) atoms. The van der Waals surface area contributed by atoms with Gasteiger partial charge in [0.15, 0.2) is 12.1 Å². The molecule has 1 aliphatic heterocycles. The van der Waals surface area contributed by atoms with E-state index in [4.69, 9.17) is 5.73 Å². The first kappa shape index (κ1) is 13.7. The SMILES string of the molecule is NC1=N[C@@]2(CCCc3ccc([N+](=O)[O-])cc32)C(F)(F)CO1. The summed E-state index contributed by atoms with van der Waals surface area (Å²) in [5.74, 6) is -3.26. The number of non-ortho nitro benzene ring substituents is 1. The molecule has 1 spiro atoms. The van der Waals surface area contributed by atoms with Crippen LogP contribution in [0.1, 0.15) is 24.0 Å². The highest BCUT2D eigenvalue weighted by atomic mass is 19.3. The summed E-state index contributed by atoms with van der Waals surface area (Å²) in [5, 5.41) is 10.9. The Bertz CT molecular complexity index is 648. The number of nitrogens with zero attached hydrogens (tertiary/aromatic N) is 2. The van der Waals surface area contributed by atoms with Crippen molar-refractivity contribution in [2.24, 2.45) is 10.7 Å². The number of alkyl halides is 2. The number of hydrogen-bond acceptors (Lipinski definition) is 5. The third kappa shape index (κ3) is 1.93. The van der Waals surface area contributed by atoms with E-state index in [0.29, 0.717) is 18.4 Å². The van der Waals surface area contributed by atoms with Gasteiger partial charge in [-0.25, -0.2) is 4.99 Å². The van der Waals surface area contributed by atoms with Gasteiger partial charge in [0.2, 0.25) is 0 Å². The Morgan fingerprint density at radius 1 is 1.43 bits per heavy atom. The van der Waals surface area contributed by atoms with E-state index in [-0.39, 0.29) is 23.7 Å². The summed E-state index contributed by atoms with van der Waals surface area (Å²) in [5.41, 5.74) is 4.20. The van der Waals surface area contributed by atoms with Gasteiger partial charge in [-0.15, -0.1) is 0 Å². The van der Waals surface area contributed by atoms with Crippen molar-refractivity contribution in [2.75, 3.05) is 6.61 Å². The summed E-state index contributed by atoms with van der Waals surface area (Å²) < 4.78 is 33.6. The van der Waals surface area contributed by atoms with E-state index in [1.165, 1.54) is 18.2 Å². The topological polar surface area (TPSA) is 90.8 Å². The summed E-state index contributed by atoms with van der Waals surface area (Å²) in [4.78, 5) is 14.2. The first-order valence-electron chi connectivity index (χ1n) is 6.49. The highest BCUT2D eigenvalue weighted by Crippen LogP contribution is 2.51. The number of aliphatic imine (C=N–C) groups is 1. The molecule has 0 aromatic heterocycles. The summed E-state index contributed by atoms with van der Waals surface area (Å²) in [6.45, 7) is -0.871. The number of nitro groups is 1. The van der Waals surface area contributed by atoms with E-state index in [0.717, 1.165) is 0 Å². The van der Waals surface area contributed by atoms with Gasteiger partial charge in [0.25, 0.3) is 11.7 Å². The van der Waals surface area contributed by atoms with Gasteiger partial charge in [-0.05, 0) is 30.4 Å². The Balaban J connectivity index is 2.25. The van der Waals surface area contributed by atoms with Gasteiger partial charge in [0.1, 0.15) is 0 Å². The average Bonchev–Trinajstić information content (AvgIpc) is 2.43. The smallest absolute Gasteiger partial charge is 0.310 e. The zero-order chi connectivity index (χ0) is 15.3. The second kappa shape index (κ2) is 4.37. The van der Waals surface area contributed by atoms with Gasteiger partial charge < -0.3 is 10.5 Å². The molecule has 1 aromatic rings. The molecule has 6 nitrogen and oxygen atoms in total. The molecule has 0 fully saturated rings. The van der Waals surface area contributed by atoms with Crippen LogP contribution in [0.2, 0.25) is 0 Å². The van der Waals surface area contributed by atoms with E-state index in [9.17, 15) is 18.9 Å². The Morgan fingerprint density at radius 2 is 2.19 bits per heavy atom. The molecule has 112 valence electrons. The average molecular weight is 297 g/mol. The third-order valence-electron chi connectivity index (χ3n) is 4.04. The van der Waals surface area contributed by atoms with Crippen LogP contribution in [-0.2, 0) is 16.7 Å². The quantitative estimate of drug-likeness (QED) is 0.635. The number of halogens is 2. The Hall–Kier alpha value is -2.25. The highest BCUT2D eigenvalue weighted by molar-refractivity contribution is 5.73. The summed E-state index contributed by atoms with van der Waals surface area (Å²) >= 11 is 0. The largest absolute Gasteiger partial charge is 0.459 e. The summed E-state index contributed by atoms with van der Waals surface area (Å²) in [7, 11) is 0. The monoisotopic (exact) mass is 297 g/mol. The number of benzene rings is 1. The van der Waals surface area contributed by atoms with Crippen LogP contribution in [0.3, 0.4) is 0 Å². The number of rotatable bonds is 1. The molecule has 0 amide bonds. The van der Waals surface area contributed by atoms with Crippen LogP contribution < -0.4 is 5.73 Å². The van der Waals surface area contributed by atoms with Gasteiger partial charge in [-0.1, -0.05) is 6.07 Å². The minimum absolute atomic E-state index is 0.0816. The van der Waals surface area contributed by atoms with E-state index in [1.807, 2.05) is 0 Å². The lowest BCUT2D eigenvalue weighted by atomic mass is 9.72. The van der Waals surface area contributed by atoms with Crippen molar-refractivity contribution in [2.45, 2.75) is 30.7 Å². The van der Waals surface area contributed by atoms with Gasteiger partial charge in [-0.2, -0.15) is 8.78 Å². The van der Waals surface area contributed by atoms with E-state index < -0.39 is 23.0 Å². The molecule has 0 radical (unpaired) electrons. The van der Waals surface area contributed by atoms with Crippen LogP contribution in [0.5, 0.6) is 0 Å². The Kier molecular flexibility index (Phi) is 2.86. The zero-order valence-electron chi connectivity index (χ0n) is 11.0. The molecule has 2 aliphatic rings. The fraction of sp³-hybridized carbons (Fsp3) is 0.462. The van der Waals surface area contributed by atoms with Crippen LogP contribution in [0.4, 0.5) is 14.5 Å². The predicted octanol–water partition coefficient (Wildman–Crippen LogP) is 2.11. The maximum absolute atomic E-state index is 14.5. The van der Waals surface area contributed by atoms with Crippen molar-refractivity contribution in [3.05, 3.63) is 39.4 Å². The third-order valence-corrected chi connectivity index (χ3v) is 4.04. The van der Waals surface area contributed by atoms with E-state index >= 15 is 0 Å². The van der Waals surface area contributed by atoms with Crippen LogP contribution in [0, 0.1) is 10.1 Å². The lowest BCUT2D eigenvalue weighted by Gasteiger charge is -2.43.